The van der Waals surface area contributed by atoms with Crippen LogP contribution >= 0.6 is 0 Å². The number of aromatic amines is 2. The summed E-state index contributed by atoms with van der Waals surface area (Å²) in [7, 11) is 4.11. The highest BCUT2D eigenvalue weighted by molar-refractivity contribution is 6.00. The molecule has 0 radical (unpaired) electrons. The van der Waals surface area contributed by atoms with Gasteiger partial charge in [-0.25, -0.2) is 19.1 Å². The second-order valence-corrected chi connectivity index (χ2v) is 22.6. The molecule has 8 bridgehead atoms. The minimum absolute atomic E-state index is 0.0751. The zero-order valence-corrected chi connectivity index (χ0v) is 41.5. The zero-order chi connectivity index (χ0) is 47.1. The molecule has 2 aromatic carbocycles. The van der Waals surface area contributed by atoms with Gasteiger partial charge in [-0.1, -0.05) is 119 Å². The van der Waals surface area contributed by atoms with Crippen LogP contribution in [0.4, 0.5) is 0 Å². The summed E-state index contributed by atoms with van der Waals surface area (Å²) in [6.07, 6.45) is 17.2. The molecule has 5 aromatic heterocycles. The quantitative estimate of drug-likeness (QED) is 0.173. The minimum atomic E-state index is -0.0811. The van der Waals surface area contributed by atoms with Crippen molar-refractivity contribution in [2.24, 2.45) is 14.1 Å². The van der Waals surface area contributed by atoms with Crippen LogP contribution in [-0.4, -0.2) is 19.9 Å². The summed E-state index contributed by atoms with van der Waals surface area (Å²) < 4.78 is 4.15. The first kappa shape index (κ1) is 44.5. The van der Waals surface area contributed by atoms with E-state index in [1.807, 2.05) is 0 Å². The first-order valence-corrected chi connectivity index (χ1v) is 23.4. The molecular weight excluding hydrogens is 805 g/mol. The number of fused-ring (bicyclic) bond motifs is 8. The van der Waals surface area contributed by atoms with Gasteiger partial charge in [-0.3, -0.25) is 0 Å². The van der Waals surface area contributed by atoms with Crippen LogP contribution < -0.4 is 9.13 Å². The lowest BCUT2D eigenvalue weighted by atomic mass is 9.78. The molecule has 66 heavy (non-hydrogen) atoms. The van der Waals surface area contributed by atoms with Gasteiger partial charge in [0.05, 0.1) is 22.8 Å². The van der Waals surface area contributed by atoms with E-state index >= 15 is 0 Å². The van der Waals surface area contributed by atoms with Crippen molar-refractivity contribution in [3.05, 3.63) is 155 Å². The molecule has 6 heteroatoms. The number of nitrogens with zero attached hydrogens (tertiary/aromatic N) is 4. The first-order chi connectivity index (χ1) is 31.0. The average molecular weight is 871 g/mol. The number of rotatable bonds is 4. The van der Waals surface area contributed by atoms with Gasteiger partial charge in [-0.15, -0.1) is 0 Å². The molecule has 0 unspecified atom stereocenters. The molecule has 0 amide bonds. The molecule has 0 saturated carbocycles. The smallest absolute Gasteiger partial charge is 0.169 e. The molecule has 7 aromatic rings. The molecular formula is C60H66N6+2. The van der Waals surface area contributed by atoms with Crippen molar-refractivity contribution in [2.75, 3.05) is 0 Å². The molecule has 0 aliphatic carbocycles. The van der Waals surface area contributed by atoms with Crippen molar-refractivity contribution in [1.82, 2.24) is 19.9 Å². The number of aryl methyl sites for hydroxylation is 2. The average Bonchev–Trinajstić information content (AvgIpc) is 4.09. The second kappa shape index (κ2) is 16.0. The summed E-state index contributed by atoms with van der Waals surface area (Å²) in [5.74, 6) is 0. The van der Waals surface area contributed by atoms with Crippen molar-refractivity contribution in [1.29, 1.82) is 0 Å². The van der Waals surface area contributed by atoms with Crippen molar-refractivity contribution >= 4 is 46.4 Å². The number of aromatic nitrogens is 6. The Morgan fingerprint density at radius 1 is 0.333 bits per heavy atom. The molecule has 9 rings (SSSR count). The largest absolute Gasteiger partial charge is 0.354 e. The van der Waals surface area contributed by atoms with E-state index in [1.54, 1.807) is 0 Å². The van der Waals surface area contributed by atoms with Gasteiger partial charge < -0.3 is 9.97 Å². The lowest BCUT2D eigenvalue weighted by molar-refractivity contribution is -0.671. The van der Waals surface area contributed by atoms with Crippen molar-refractivity contribution in [2.45, 2.75) is 105 Å². The summed E-state index contributed by atoms with van der Waals surface area (Å²) in [6, 6.07) is 31.9. The van der Waals surface area contributed by atoms with Crippen LogP contribution in [0.3, 0.4) is 0 Å². The van der Waals surface area contributed by atoms with E-state index < -0.39 is 0 Å². The van der Waals surface area contributed by atoms with Gasteiger partial charge in [0.15, 0.2) is 24.8 Å². The van der Waals surface area contributed by atoms with E-state index in [1.165, 1.54) is 22.3 Å². The normalized spacial score (nSPS) is 13.2. The van der Waals surface area contributed by atoms with E-state index in [0.717, 1.165) is 89.4 Å². The molecule has 2 N–H and O–H groups in total. The summed E-state index contributed by atoms with van der Waals surface area (Å²) in [4.78, 5) is 19.3. The summed E-state index contributed by atoms with van der Waals surface area (Å²) in [6.45, 7) is 27.6. The summed E-state index contributed by atoms with van der Waals surface area (Å²) in [5, 5.41) is 0. The number of nitrogens with one attached hydrogen (secondary N) is 2. The van der Waals surface area contributed by atoms with E-state index in [4.69, 9.17) is 9.97 Å². The highest BCUT2D eigenvalue weighted by Crippen LogP contribution is 2.42. The van der Waals surface area contributed by atoms with Gasteiger partial charge in [0.2, 0.25) is 0 Å². The van der Waals surface area contributed by atoms with Crippen LogP contribution in [0.25, 0.3) is 90.9 Å². The molecule has 2 aliphatic heterocycles. The SMILES string of the molecule is C[n+]1ccc(-c2c3nc(c(-c4cc(C(C)(C)C)cc(C(C)(C)C)c4)c4nc(c(-c5cc(C(C)(C)C)cc(C(C)(C)C)c5)c5ccc([nH]5)c(-c5cc[n+](C)cc5)c5ccc2[nH]5)C=C4)C=C3)cc1. The Morgan fingerprint density at radius 2 is 0.606 bits per heavy atom. The number of benzene rings is 2. The summed E-state index contributed by atoms with van der Waals surface area (Å²) >= 11 is 0. The van der Waals surface area contributed by atoms with Crippen molar-refractivity contribution in [3.63, 3.8) is 0 Å². The number of hydrogen-bond acceptors (Lipinski definition) is 2. The third kappa shape index (κ3) is 8.62. The molecule has 0 saturated heterocycles. The first-order valence-electron chi connectivity index (χ1n) is 23.4. The molecule has 2 aliphatic rings. The van der Waals surface area contributed by atoms with Crippen LogP contribution in [0.5, 0.6) is 0 Å². The van der Waals surface area contributed by atoms with Crippen LogP contribution in [0.1, 0.15) is 128 Å². The number of H-pyrrole nitrogens is 2. The van der Waals surface area contributed by atoms with Crippen LogP contribution in [-0.2, 0) is 35.8 Å². The van der Waals surface area contributed by atoms with Gasteiger partial charge in [0.25, 0.3) is 0 Å². The molecule has 0 spiro atoms. The van der Waals surface area contributed by atoms with Crippen molar-refractivity contribution in [3.8, 4) is 44.5 Å². The van der Waals surface area contributed by atoms with Gasteiger partial charge in [-0.05, 0) is 115 Å². The zero-order valence-electron chi connectivity index (χ0n) is 41.5. The maximum atomic E-state index is 5.72. The predicted octanol–water partition coefficient (Wildman–Crippen LogP) is 14.2. The van der Waals surface area contributed by atoms with E-state index in [0.29, 0.717) is 0 Å². The fourth-order valence-electron chi connectivity index (χ4n) is 9.03. The van der Waals surface area contributed by atoms with E-state index in [2.05, 4.69) is 250 Å². The van der Waals surface area contributed by atoms with Crippen LogP contribution in [0, 0.1) is 0 Å². The molecule has 334 valence electrons. The van der Waals surface area contributed by atoms with Gasteiger partial charge in [-0.2, -0.15) is 0 Å². The fraction of sp³-hybridized carbons (Fsp3) is 0.300. The summed E-state index contributed by atoms with van der Waals surface area (Å²) in [5.41, 5.74) is 21.0. The molecule has 7 heterocycles. The van der Waals surface area contributed by atoms with Gasteiger partial charge >= 0.3 is 0 Å². The van der Waals surface area contributed by atoms with E-state index in [9.17, 15) is 0 Å². The Balaban J connectivity index is 1.50. The highest BCUT2D eigenvalue weighted by Gasteiger charge is 2.27. The lowest BCUT2D eigenvalue weighted by Gasteiger charge is -2.26. The topological polar surface area (TPSA) is 65.1 Å². The molecule has 0 fully saturated rings. The highest BCUT2D eigenvalue weighted by atomic mass is 14.9. The molecule has 6 nitrogen and oxygen atoms in total. The van der Waals surface area contributed by atoms with E-state index in [-0.39, 0.29) is 21.7 Å². The Bertz CT molecular complexity index is 3210. The third-order valence-electron chi connectivity index (χ3n) is 13.2. The monoisotopic (exact) mass is 871 g/mol. The Morgan fingerprint density at radius 3 is 0.939 bits per heavy atom. The lowest BCUT2D eigenvalue weighted by Crippen LogP contribution is -2.25. The maximum Gasteiger partial charge on any atom is 0.169 e. The van der Waals surface area contributed by atoms with Crippen molar-refractivity contribution < 1.29 is 9.13 Å². The van der Waals surface area contributed by atoms with Crippen LogP contribution in [0.2, 0.25) is 0 Å². The third-order valence-corrected chi connectivity index (χ3v) is 13.2. The Labute approximate surface area is 391 Å². The Kier molecular flexibility index (Phi) is 10.8. The number of hydrogen-bond donors (Lipinski definition) is 2. The molecule has 0 atom stereocenters. The number of pyridine rings is 2. The standard InChI is InChI=1S/C60H65N6/c1-57(2,3)41-31-39(32-42(35-41)58(4,5)6)55-49-19-17-47(62-49)53(37-23-27-65(13)28-24-37)45-15-16-46(61-45)54(38-25-29-66(14)30-26-38)48-18-20-50(63-48)56(52-22-21-51(55)64-52)40-33-43(59(7,8)9)36-44(34-40)60(10,11)12/h15-36H,1-14H3,(H,61,62,63,64)/q+1/p+1. The minimum Gasteiger partial charge on any atom is -0.354 e. The fourth-order valence-corrected chi connectivity index (χ4v) is 9.03. The predicted molar refractivity (Wildman–Crippen MR) is 278 cm³/mol. The van der Waals surface area contributed by atoms with Gasteiger partial charge in [0.1, 0.15) is 14.1 Å². The maximum absolute atomic E-state index is 5.72. The van der Waals surface area contributed by atoms with Gasteiger partial charge in [0, 0.05) is 68.6 Å². The Hall–Kier alpha value is -6.66. The second-order valence-electron chi connectivity index (χ2n) is 22.6. The van der Waals surface area contributed by atoms with Crippen LogP contribution in [0.15, 0.2) is 110 Å².